The van der Waals surface area contributed by atoms with E-state index >= 15 is 0 Å². The third kappa shape index (κ3) is 3.64. The molecule has 1 aliphatic heterocycles. The van der Waals surface area contributed by atoms with Crippen LogP contribution in [0.15, 0.2) is 65.7 Å². The highest BCUT2D eigenvalue weighted by Gasteiger charge is 2.20. The topological polar surface area (TPSA) is 85.5 Å². The van der Waals surface area contributed by atoms with Crippen molar-refractivity contribution in [3.05, 3.63) is 83.2 Å². The lowest BCUT2D eigenvalue weighted by atomic mass is 9.97. The summed E-state index contributed by atoms with van der Waals surface area (Å²) in [5, 5.41) is 21.8. The quantitative estimate of drug-likeness (QED) is 0.704. The molecule has 0 spiro atoms. The van der Waals surface area contributed by atoms with Gasteiger partial charge in [0, 0.05) is 5.56 Å². The van der Waals surface area contributed by atoms with Gasteiger partial charge in [0.1, 0.15) is 5.82 Å². The lowest BCUT2D eigenvalue weighted by Gasteiger charge is -2.13. The van der Waals surface area contributed by atoms with Crippen LogP contribution in [0.2, 0.25) is 0 Å². The number of benzene rings is 3. The second kappa shape index (κ2) is 7.66. The van der Waals surface area contributed by atoms with E-state index in [9.17, 15) is 14.3 Å². The lowest BCUT2D eigenvalue weighted by Crippen LogP contribution is -2.15. The number of aliphatic imine (C=N–C) groups is 1. The van der Waals surface area contributed by atoms with E-state index in [1.165, 1.54) is 6.07 Å². The van der Waals surface area contributed by atoms with Crippen LogP contribution in [-0.2, 0) is 11.4 Å². The zero-order valence-electron chi connectivity index (χ0n) is 15.3. The van der Waals surface area contributed by atoms with Gasteiger partial charge >= 0.3 is 0 Å². The number of aliphatic hydroxyl groups excluding tert-OH is 1. The standard InChI is InChI=1S/C23H16FN3O2/c24-19-7-2-1-6-17(19)18-10-22-21(9-16(18)13-28)26-20(11-23(29)27-22)15-5-3-4-14(8-15)12-25/h1-10,28H,11,13H2,(H,27,29). The van der Waals surface area contributed by atoms with Crippen LogP contribution >= 0.6 is 0 Å². The Morgan fingerprint density at radius 2 is 1.93 bits per heavy atom. The molecule has 0 aromatic heterocycles. The van der Waals surface area contributed by atoms with E-state index in [-0.39, 0.29) is 18.9 Å². The molecule has 6 heteroatoms. The van der Waals surface area contributed by atoms with Gasteiger partial charge in [-0.25, -0.2) is 4.39 Å². The van der Waals surface area contributed by atoms with E-state index in [0.717, 1.165) is 0 Å². The zero-order valence-corrected chi connectivity index (χ0v) is 15.3. The molecule has 0 atom stereocenters. The van der Waals surface area contributed by atoms with E-state index in [1.54, 1.807) is 54.6 Å². The molecular formula is C23H16FN3O2. The van der Waals surface area contributed by atoms with E-state index in [4.69, 9.17) is 5.26 Å². The van der Waals surface area contributed by atoms with Gasteiger partial charge in [0.15, 0.2) is 0 Å². The van der Waals surface area contributed by atoms with Crippen molar-refractivity contribution in [1.82, 2.24) is 0 Å². The van der Waals surface area contributed by atoms with Gasteiger partial charge in [-0.05, 0) is 47.0 Å². The largest absolute Gasteiger partial charge is 0.392 e. The van der Waals surface area contributed by atoms with Crippen LogP contribution in [0.25, 0.3) is 11.1 Å². The number of rotatable bonds is 3. The Kier molecular flexibility index (Phi) is 4.90. The average molecular weight is 385 g/mol. The molecular weight excluding hydrogens is 369 g/mol. The second-order valence-electron chi connectivity index (χ2n) is 6.64. The molecule has 4 rings (SSSR count). The maximum Gasteiger partial charge on any atom is 0.230 e. The molecule has 0 unspecified atom stereocenters. The molecule has 29 heavy (non-hydrogen) atoms. The molecule has 0 fully saturated rings. The van der Waals surface area contributed by atoms with Gasteiger partial charge in [0.25, 0.3) is 0 Å². The van der Waals surface area contributed by atoms with Crippen LogP contribution in [0.5, 0.6) is 0 Å². The maximum absolute atomic E-state index is 14.3. The molecule has 1 aliphatic rings. The normalized spacial score (nSPS) is 13.0. The number of nitriles is 1. The predicted molar refractivity (Wildman–Crippen MR) is 108 cm³/mol. The number of nitrogens with zero attached hydrogens (tertiary/aromatic N) is 2. The van der Waals surface area contributed by atoms with Crippen LogP contribution in [-0.4, -0.2) is 16.7 Å². The number of hydrogen-bond donors (Lipinski definition) is 2. The van der Waals surface area contributed by atoms with E-state index in [1.807, 2.05) is 0 Å². The van der Waals surface area contributed by atoms with Crippen molar-refractivity contribution in [2.24, 2.45) is 4.99 Å². The number of carbonyl (C=O) groups excluding carboxylic acids is 1. The van der Waals surface area contributed by atoms with Crippen molar-refractivity contribution in [3.63, 3.8) is 0 Å². The van der Waals surface area contributed by atoms with Crippen LogP contribution in [0.3, 0.4) is 0 Å². The van der Waals surface area contributed by atoms with Gasteiger partial charge in [0.05, 0.1) is 41.7 Å². The molecule has 0 aliphatic carbocycles. The number of amides is 1. The molecule has 0 saturated heterocycles. The Bertz CT molecular complexity index is 1190. The lowest BCUT2D eigenvalue weighted by molar-refractivity contribution is -0.115. The Labute approximate surface area is 166 Å². The summed E-state index contributed by atoms with van der Waals surface area (Å²) in [5.74, 6) is -0.680. The van der Waals surface area contributed by atoms with Gasteiger partial charge in [-0.2, -0.15) is 5.26 Å². The highest BCUT2D eigenvalue weighted by molar-refractivity contribution is 6.17. The second-order valence-corrected chi connectivity index (χ2v) is 6.64. The van der Waals surface area contributed by atoms with E-state index < -0.39 is 5.82 Å². The molecule has 0 radical (unpaired) electrons. The van der Waals surface area contributed by atoms with Crippen LogP contribution in [0.4, 0.5) is 15.8 Å². The summed E-state index contributed by atoms with van der Waals surface area (Å²) in [6.45, 7) is -0.306. The molecule has 1 amide bonds. The van der Waals surface area contributed by atoms with Crippen molar-refractivity contribution in [1.29, 1.82) is 5.26 Å². The third-order valence-corrected chi connectivity index (χ3v) is 4.74. The number of halogens is 1. The smallest absolute Gasteiger partial charge is 0.230 e. The van der Waals surface area contributed by atoms with Crippen molar-refractivity contribution >= 4 is 23.0 Å². The first kappa shape index (κ1) is 18.5. The Hall–Kier alpha value is -3.82. The highest BCUT2D eigenvalue weighted by atomic mass is 19.1. The minimum atomic E-state index is -0.417. The maximum atomic E-state index is 14.3. The Morgan fingerprint density at radius 3 is 2.69 bits per heavy atom. The fourth-order valence-electron chi connectivity index (χ4n) is 3.35. The van der Waals surface area contributed by atoms with Crippen molar-refractivity contribution in [3.8, 4) is 17.2 Å². The summed E-state index contributed by atoms with van der Waals surface area (Å²) in [6, 6.07) is 18.5. The van der Waals surface area contributed by atoms with Crippen LogP contribution < -0.4 is 5.32 Å². The Balaban J connectivity index is 1.87. The van der Waals surface area contributed by atoms with Gasteiger partial charge in [-0.1, -0.05) is 30.3 Å². The molecule has 142 valence electrons. The first-order valence-corrected chi connectivity index (χ1v) is 8.99. The summed E-state index contributed by atoms with van der Waals surface area (Å²) in [5.41, 5.74) is 3.91. The fourth-order valence-corrected chi connectivity index (χ4v) is 3.35. The summed E-state index contributed by atoms with van der Waals surface area (Å²) in [4.78, 5) is 17.1. The van der Waals surface area contributed by atoms with Gasteiger partial charge in [-0.3, -0.25) is 9.79 Å². The number of hydrogen-bond acceptors (Lipinski definition) is 4. The molecule has 0 bridgehead atoms. The van der Waals surface area contributed by atoms with Gasteiger partial charge < -0.3 is 10.4 Å². The molecule has 3 aromatic rings. The zero-order chi connectivity index (χ0) is 20.4. The summed E-state index contributed by atoms with van der Waals surface area (Å²) in [7, 11) is 0. The number of nitrogens with one attached hydrogen (secondary N) is 1. The Morgan fingerprint density at radius 1 is 1.10 bits per heavy atom. The molecule has 5 nitrogen and oxygen atoms in total. The number of carbonyl (C=O) groups is 1. The molecule has 0 saturated carbocycles. The highest BCUT2D eigenvalue weighted by Crippen LogP contribution is 2.37. The summed E-state index contributed by atoms with van der Waals surface area (Å²) in [6.07, 6.45) is 0.0348. The predicted octanol–water partition coefficient (Wildman–Crippen LogP) is 4.32. The number of anilines is 1. The summed E-state index contributed by atoms with van der Waals surface area (Å²) < 4.78 is 14.3. The monoisotopic (exact) mass is 385 g/mol. The third-order valence-electron chi connectivity index (χ3n) is 4.74. The fraction of sp³-hybridized carbons (Fsp3) is 0.0870. The van der Waals surface area contributed by atoms with Crippen LogP contribution in [0.1, 0.15) is 23.1 Å². The number of fused-ring (bicyclic) bond motifs is 1. The van der Waals surface area contributed by atoms with E-state index in [0.29, 0.717) is 44.9 Å². The minimum Gasteiger partial charge on any atom is -0.392 e. The van der Waals surface area contributed by atoms with Crippen molar-refractivity contribution in [2.75, 3.05) is 5.32 Å². The van der Waals surface area contributed by atoms with Gasteiger partial charge in [-0.15, -0.1) is 0 Å². The van der Waals surface area contributed by atoms with Crippen molar-refractivity contribution < 1.29 is 14.3 Å². The van der Waals surface area contributed by atoms with Crippen LogP contribution in [0, 0.1) is 17.1 Å². The molecule has 3 aromatic carbocycles. The average Bonchev–Trinajstić information content (AvgIpc) is 2.90. The first-order valence-electron chi connectivity index (χ1n) is 8.99. The van der Waals surface area contributed by atoms with Gasteiger partial charge in [0.2, 0.25) is 5.91 Å². The minimum absolute atomic E-state index is 0.0348. The SMILES string of the molecule is N#Cc1cccc(C2=Nc3cc(CO)c(-c4ccccc4F)cc3NC(=O)C2)c1. The molecule has 1 heterocycles. The summed E-state index contributed by atoms with van der Waals surface area (Å²) >= 11 is 0. The molecule has 2 N–H and O–H groups in total. The van der Waals surface area contributed by atoms with Crippen molar-refractivity contribution in [2.45, 2.75) is 13.0 Å². The first-order chi connectivity index (χ1) is 14.1. The number of aliphatic hydroxyl groups is 1. The van der Waals surface area contributed by atoms with E-state index in [2.05, 4.69) is 16.4 Å².